The molecule has 0 aliphatic carbocycles. The summed E-state index contributed by atoms with van der Waals surface area (Å²) < 4.78 is 26.3. The number of hydrogen-bond acceptors (Lipinski definition) is 2. The fourth-order valence-electron chi connectivity index (χ4n) is 1.65. The Morgan fingerprint density at radius 3 is 3.08 bits per heavy atom. The molecule has 0 bridgehead atoms. The third kappa shape index (κ3) is 1.56. The molecule has 3 nitrogen and oxygen atoms in total. The Balaban J connectivity index is 2.23. The Morgan fingerprint density at radius 2 is 2.46 bits per heavy atom. The maximum Gasteiger partial charge on any atom is 0.280 e. The van der Waals surface area contributed by atoms with Gasteiger partial charge in [0, 0.05) is 12.7 Å². The van der Waals surface area contributed by atoms with E-state index in [0.717, 1.165) is 19.5 Å². The van der Waals surface area contributed by atoms with Crippen molar-refractivity contribution in [2.45, 2.75) is 18.9 Å². The van der Waals surface area contributed by atoms with Crippen LogP contribution in [0.25, 0.3) is 0 Å². The van der Waals surface area contributed by atoms with Crippen LogP contribution in [-0.4, -0.2) is 22.9 Å². The van der Waals surface area contributed by atoms with Crippen molar-refractivity contribution >= 4 is 0 Å². The van der Waals surface area contributed by atoms with E-state index in [1.807, 2.05) is 0 Å². The zero-order chi connectivity index (χ0) is 9.26. The maximum atomic E-state index is 12.4. The number of nitrogens with zero attached hydrogens (tertiary/aromatic N) is 2. The van der Waals surface area contributed by atoms with Crippen molar-refractivity contribution in [1.82, 2.24) is 15.1 Å². The lowest BCUT2D eigenvalue weighted by Gasteiger charge is -2.12. The minimum Gasteiger partial charge on any atom is -0.315 e. The Bertz CT molecular complexity index is 279. The molecule has 1 unspecified atom stereocenters. The Morgan fingerprint density at radius 1 is 1.62 bits per heavy atom. The lowest BCUT2D eigenvalue weighted by molar-refractivity contribution is 0.136. The third-order valence-electron chi connectivity index (χ3n) is 2.30. The number of halogens is 2. The quantitative estimate of drug-likeness (QED) is 0.757. The van der Waals surface area contributed by atoms with E-state index < -0.39 is 6.43 Å². The molecule has 0 aromatic carbocycles. The second-order valence-electron chi connectivity index (χ2n) is 3.15. The fourth-order valence-corrected chi connectivity index (χ4v) is 1.65. The number of alkyl halides is 2. The van der Waals surface area contributed by atoms with Gasteiger partial charge in [0.25, 0.3) is 6.43 Å². The van der Waals surface area contributed by atoms with Gasteiger partial charge in [0.2, 0.25) is 0 Å². The van der Waals surface area contributed by atoms with Gasteiger partial charge >= 0.3 is 0 Å². The smallest absolute Gasteiger partial charge is 0.280 e. The van der Waals surface area contributed by atoms with Crippen LogP contribution in [0, 0.1) is 0 Å². The van der Waals surface area contributed by atoms with Gasteiger partial charge in [-0.1, -0.05) is 0 Å². The molecular formula is C8H11F2N3. The molecule has 1 fully saturated rings. The van der Waals surface area contributed by atoms with E-state index >= 15 is 0 Å². The van der Waals surface area contributed by atoms with E-state index in [9.17, 15) is 8.78 Å². The van der Waals surface area contributed by atoms with E-state index in [1.54, 1.807) is 0 Å². The first kappa shape index (κ1) is 8.62. The predicted octanol–water partition coefficient (Wildman–Crippen LogP) is 1.36. The summed E-state index contributed by atoms with van der Waals surface area (Å²) in [7, 11) is 0. The first-order chi connectivity index (χ1) is 6.29. The van der Waals surface area contributed by atoms with Gasteiger partial charge in [-0.25, -0.2) is 8.78 Å². The number of rotatable bonds is 2. The summed E-state index contributed by atoms with van der Waals surface area (Å²) in [6.45, 7) is 1.62. The summed E-state index contributed by atoms with van der Waals surface area (Å²) in [5.74, 6) is 0. The molecule has 1 aromatic heterocycles. The largest absolute Gasteiger partial charge is 0.315 e. The van der Waals surface area contributed by atoms with E-state index in [4.69, 9.17) is 0 Å². The zero-order valence-corrected chi connectivity index (χ0v) is 7.08. The summed E-state index contributed by atoms with van der Waals surface area (Å²) >= 11 is 0. The monoisotopic (exact) mass is 187 g/mol. The summed E-state index contributed by atoms with van der Waals surface area (Å²) in [4.78, 5) is 0. The van der Waals surface area contributed by atoms with Crippen LogP contribution in [0.15, 0.2) is 12.3 Å². The van der Waals surface area contributed by atoms with Gasteiger partial charge in [-0.15, -0.1) is 0 Å². The average molecular weight is 187 g/mol. The Labute approximate surface area is 74.7 Å². The highest BCUT2D eigenvalue weighted by Gasteiger charge is 2.22. The zero-order valence-electron chi connectivity index (χ0n) is 7.08. The summed E-state index contributed by atoms with van der Waals surface area (Å²) in [5.41, 5.74) is 0.0219. The highest BCUT2D eigenvalue weighted by atomic mass is 19.3. The van der Waals surface area contributed by atoms with Crippen LogP contribution in [0.1, 0.15) is 24.6 Å². The van der Waals surface area contributed by atoms with E-state index in [1.165, 1.54) is 16.9 Å². The van der Waals surface area contributed by atoms with E-state index in [0.29, 0.717) is 0 Å². The maximum absolute atomic E-state index is 12.4. The number of nitrogens with one attached hydrogen (secondary N) is 1. The van der Waals surface area contributed by atoms with Crippen LogP contribution in [0.5, 0.6) is 0 Å². The molecule has 72 valence electrons. The number of aromatic nitrogens is 2. The molecule has 0 spiro atoms. The van der Waals surface area contributed by atoms with Gasteiger partial charge in [-0.05, 0) is 19.0 Å². The molecule has 1 atom stereocenters. The highest BCUT2D eigenvalue weighted by Crippen LogP contribution is 2.23. The van der Waals surface area contributed by atoms with Crippen molar-refractivity contribution in [3.63, 3.8) is 0 Å². The normalized spacial score (nSPS) is 22.8. The standard InChI is InChI=1S/C8H11F2N3/c9-8(10)7-2-4-12-13(7)6-1-3-11-5-6/h2,4,6,8,11H,1,3,5H2. The molecule has 5 heteroatoms. The Hall–Kier alpha value is -0.970. The third-order valence-corrected chi connectivity index (χ3v) is 2.30. The first-order valence-corrected chi connectivity index (χ1v) is 4.31. The molecule has 1 aromatic rings. The van der Waals surface area contributed by atoms with Crippen molar-refractivity contribution in [3.05, 3.63) is 18.0 Å². The van der Waals surface area contributed by atoms with Gasteiger partial charge in [0.1, 0.15) is 5.69 Å². The Kier molecular flexibility index (Phi) is 2.26. The molecule has 1 aliphatic heterocycles. The topological polar surface area (TPSA) is 29.9 Å². The first-order valence-electron chi connectivity index (χ1n) is 4.31. The molecule has 1 N–H and O–H groups in total. The van der Waals surface area contributed by atoms with Gasteiger partial charge in [-0.2, -0.15) is 5.10 Å². The van der Waals surface area contributed by atoms with Crippen LogP contribution in [0.4, 0.5) is 8.78 Å². The molecule has 0 amide bonds. The second-order valence-corrected chi connectivity index (χ2v) is 3.15. The van der Waals surface area contributed by atoms with Gasteiger partial charge in [0.15, 0.2) is 0 Å². The molecule has 13 heavy (non-hydrogen) atoms. The average Bonchev–Trinajstić information content (AvgIpc) is 2.74. The summed E-state index contributed by atoms with van der Waals surface area (Å²) in [6, 6.07) is 1.47. The predicted molar refractivity (Wildman–Crippen MR) is 43.7 cm³/mol. The van der Waals surface area contributed by atoms with Crippen LogP contribution in [0.3, 0.4) is 0 Å². The number of hydrogen-bond donors (Lipinski definition) is 1. The van der Waals surface area contributed by atoms with E-state index in [-0.39, 0.29) is 11.7 Å². The second kappa shape index (κ2) is 3.41. The SMILES string of the molecule is FC(F)c1ccnn1C1CCNC1. The van der Waals surface area contributed by atoms with Crippen molar-refractivity contribution < 1.29 is 8.78 Å². The van der Waals surface area contributed by atoms with Gasteiger partial charge in [-0.3, -0.25) is 4.68 Å². The summed E-state index contributed by atoms with van der Waals surface area (Å²) in [5, 5.41) is 7.04. The molecule has 1 aliphatic rings. The summed E-state index contributed by atoms with van der Waals surface area (Å²) in [6.07, 6.45) is -0.121. The lowest BCUT2D eigenvalue weighted by Crippen LogP contribution is -2.16. The van der Waals surface area contributed by atoms with Crippen LogP contribution in [0.2, 0.25) is 0 Å². The van der Waals surface area contributed by atoms with Crippen LogP contribution in [-0.2, 0) is 0 Å². The molecule has 2 heterocycles. The van der Waals surface area contributed by atoms with Crippen LogP contribution >= 0.6 is 0 Å². The molecular weight excluding hydrogens is 176 g/mol. The molecule has 0 radical (unpaired) electrons. The highest BCUT2D eigenvalue weighted by molar-refractivity contribution is 5.04. The van der Waals surface area contributed by atoms with Crippen molar-refractivity contribution in [3.8, 4) is 0 Å². The molecule has 2 rings (SSSR count). The fraction of sp³-hybridized carbons (Fsp3) is 0.625. The minimum atomic E-state index is -2.43. The minimum absolute atomic E-state index is 0.0219. The lowest BCUT2D eigenvalue weighted by atomic mass is 10.2. The van der Waals surface area contributed by atoms with Crippen molar-refractivity contribution in [2.24, 2.45) is 0 Å². The molecule has 1 saturated heterocycles. The van der Waals surface area contributed by atoms with Crippen LogP contribution < -0.4 is 5.32 Å². The van der Waals surface area contributed by atoms with E-state index in [2.05, 4.69) is 10.4 Å². The van der Waals surface area contributed by atoms with Crippen molar-refractivity contribution in [2.75, 3.05) is 13.1 Å². The molecule has 0 saturated carbocycles. The van der Waals surface area contributed by atoms with Gasteiger partial charge < -0.3 is 5.32 Å². The van der Waals surface area contributed by atoms with Gasteiger partial charge in [0.05, 0.1) is 6.04 Å². The van der Waals surface area contributed by atoms with Crippen molar-refractivity contribution in [1.29, 1.82) is 0 Å².